The van der Waals surface area contributed by atoms with Crippen LogP contribution in [0.2, 0.25) is 0 Å². The fraction of sp³-hybridized carbons (Fsp3) is 0.531. The number of rotatable bonds is 11. The van der Waals surface area contributed by atoms with Crippen molar-refractivity contribution in [1.82, 2.24) is 49.0 Å². The van der Waals surface area contributed by atoms with E-state index in [4.69, 9.17) is 30.6 Å². The number of pyridine rings is 1. The standard InChI is InChI=1S/C64H73F2N11O8/c1-6-45-48(65)15-11-40-9-7-10-46(53(40)45)55-54(66)56-47(32-67-55)57(74-34-42-13-14-43(35-74)76(42)62(82)85-63(2,3)4)70-59(69-56)84-37-64-24-8-26-75(64)44(19-25-64)36-83-61(81)73-29-20-38(21-30-73)33-72-27-22-39(23-28-72)41-12-16-49-51(31-41)71(5)60(80)77(49)50-17-18-52(78)68-58(50)79/h1,7,9-12,15-16,31-32,38-39,42-44,50H,8,13-14,17-30,33-37H2,2-5H3,(H,68,78,79)/t42?,43?,44-,50?,64-/m1/s1. The van der Waals surface area contributed by atoms with Crippen LogP contribution in [0.15, 0.2) is 59.5 Å². The number of ether oxygens (including phenoxy) is 3. The summed E-state index contributed by atoms with van der Waals surface area (Å²) in [5, 5.41) is 3.76. The first-order valence-corrected chi connectivity index (χ1v) is 30.3. The van der Waals surface area contributed by atoms with Crippen molar-refractivity contribution in [3.63, 3.8) is 0 Å². The molecule has 13 rings (SSSR count). The van der Waals surface area contributed by atoms with Crippen LogP contribution in [0.5, 0.6) is 6.01 Å². The zero-order valence-electron chi connectivity index (χ0n) is 48.8. The van der Waals surface area contributed by atoms with Gasteiger partial charge in [-0.05, 0) is 152 Å². The van der Waals surface area contributed by atoms with Gasteiger partial charge in [-0.1, -0.05) is 36.3 Å². The van der Waals surface area contributed by atoms with Gasteiger partial charge in [-0.25, -0.2) is 23.2 Å². The molecule has 0 aliphatic carbocycles. The summed E-state index contributed by atoms with van der Waals surface area (Å²) in [6.07, 6.45) is 16.0. The number of amides is 4. The number of imidazole rings is 1. The summed E-state index contributed by atoms with van der Waals surface area (Å²) in [6, 6.07) is 13.2. The lowest BCUT2D eigenvalue weighted by molar-refractivity contribution is -0.135. The Bertz CT molecular complexity index is 3750. The molecular formula is C64H73F2N11O8. The van der Waals surface area contributed by atoms with Crippen molar-refractivity contribution in [2.24, 2.45) is 13.0 Å². The van der Waals surface area contributed by atoms with Gasteiger partial charge in [0.2, 0.25) is 11.8 Å². The van der Waals surface area contributed by atoms with E-state index in [1.165, 1.54) is 16.2 Å². The van der Waals surface area contributed by atoms with Crippen LogP contribution in [0.1, 0.15) is 121 Å². The Morgan fingerprint density at radius 2 is 1.65 bits per heavy atom. The first-order valence-electron chi connectivity index (χ1n) is 30.3. The van der Waals surface area contributed by atoms with E-state index in [0.29, 0.717) is 77.5 Å². The lowest BCUT2D eigenvalue weighted by Crippen LogP contribution is -2.57. The number of fused-ring (bicyclic) bond motifs is 6. The number of hydrogen-bond acceptors (Lipinski definition) is 14. The molecular weight excluding hydrogens is 1090 g/mol. The summed E-state index contributed by atoms with van der Waals surface area (Å²) < 4.78 is 54.4. The second-order valence-electron chi connectivity index (χ2n) is 25.7. The van der Waals surface area contributed by atoms with Crippen LogP contribution < -0.4 is 20.6 Å². The van der Waals surface area contributed by atoms with E-state index in [1.807, 2.05) is 36.6 Å². The molecule has 1 N–H and O–H groups in total. The lowest BCUT2D eigenvalue weighted by Gasteiger charge is -2.42. The molecule has 7 aliphatic rings. The lowest BCUT2D eigenvalue weighted by atomic mass is 9.88. The topological polar surface area (TPSA) is 190 Å². The summed E-state index contributed by atoms with van der Waals surface area (Å²) in [5.41, 5.74) is 1.67. The third kappa shape index (κ3) is 10.5. The summed E-state index contributed by atoms with van der Waals surface area (Å²) in [5.74, 6) is 1.65. The van der Waals surface area contributed by atoms with Crippen LogP contribution in [0.3, 0.4) is 0 Å². The molecule has 3 aromatic heterocycles. The van der Waals surface area contributed by atoms with Gasteiger partial charge >= 0.3 is 23.9 Å². The summed E-state index contributed by atoms with van der Waals surface area (Å²) >= 11 is 0. The van der Waals surface area contributed by atoms with E-state index in [9.17, 15) is 24.0 Å². The van der Waals surface area contributed by atoms with Gasteiger partial charge in [-0.15, -0.1) is 6.42 Å². The molecule has 0 radical (unpaired) electrons. The van der Waals surface area contributed by atoms with Gasteiger partial charge in [0.1, 0.15) is 47.7 Å². The minimum atomic E-state index is -0.725. The molecule has 19 nitrogen and oxygen atoms in total. The highest BCUT2D eigenvalue weighted by atomic mass is 19.1. The van der Waals surface area contributed by atoms with Crippen molar-refractivity contribution < 1.29 is 42.2 Å². The average Bonchev–Trinajstić information content (AvgIpc) is 2.23. The van der Waals surface area contributed by atoms with Gasteiger partial charge < -0.3 is 28.9 Å². The largest absolute Gasteiger partial charge is 0.461 e. The normalized spacial score (nSPS) is 24.4. The Balaban J connectivity index is 0.643. The number of likely N-dealkylation sites (tertiary alicyclic amines) is 2. The first-order chi connectivity index (χ1) is 40.9. The molecule has 7 saturated heterocycles. The van der Waals surface area contributed by atoms with Crippen LogP contribution >= 0.6 is 0 Å². The third-order valence-corrected chi connectivity index (χ3v) is 19.4. The van der Waals surface area contributed by atoms with Crippen molar-refractivity contribution in [3.8, 4) is 29.6 Å². The number of imide groups is 1. The summed E-state index contributed by atoms with van der Waals surface area (Å²) in [6.45, 7) is 11.9. The minimum Gasteiger partial charge on any atom is -0.461 e. The number of carbonyl (C=O) groups excluding carboxylic acids is 4. The Labute approximate surface area is 491 Å². The highest BCUT2D eigenvalue weighted by Crippen LogP contribution is 2.44. The maximum atomic E-state index is 17.5. The minimum absolute atomic E-state index is 0.00223. The Morgan fingerprint density at radius 3 is 2.39 bits per heavy atom. The van der Waals surface area contributed by atoms with Crippen molar-refractivity contribution in [2.75, 3.05) is 70.5 Å². The Morgan fingerprint density at radius 1 is 0.871 bits per heavy atom. The van der Waals surface area contributed by atoms with Gasteiger partial charge in [-0.3, -0.25) is 38.8 Å². The zero-order chi connectivity index (χ0) is 59.1. The van der Waals surface area contributed by atoms with Gasteiger partial charge in [-0.2, -0.15) is 9.97 Å². The van der Waals surface area contributed by atoms with E-state index in [2.05, 4.69) is 43.1 Å². The molecule has 3 unspecified atom stereocenters. The van der Waals surface area contributed by atoms with Crippen LogP contribution in [0, 0.1) is 29.9 Å². The van der Waals surface area contributed by atoms with Crippen molar-refractivity contribution in [3.05, 3.63) is 88.0 Å². The maximum Gasteiger partial charge on any atom is 0.410 e. The van der Waals surface area contributed by atoms with Gasteiger partial charge in [0.25, 0.3) is 0 Å². The molecule has 0 saturated carbocycles. The number of nitrogens with one attached hydrogen (secondary N) is 1. The quantitative estimate of drug-likeness (QED) is 0.0961. The van der Waals surface area contributed by atoms with E-state index >= 15 is 8.78 Å². The molecule has 21 heteroatoms. The molecule has 6 aromatic rings. The molecule has 10 heterocycles. The van der Waals surface area contributed by atoms with Crippen LogP contribution in [0.4, 0.5) is 24.2 Å². The molecule has 7 fully saturated rings. The second-order valence-corrected chi connectivity index (χ2v) is 25.7. The number of anilines is 1. The molecule has 0 spiro atoms. The Hall–Kier alpha value is -7.70. The molecule has 2 bridgehead atoms. The fourth-order valence-corrected chi connectivity index (χ4v) is 15.1. The van der Waals surface area contributed by atoms with Crippen LogP contribution in [0.25, 0.3) is 44.0 Å². The summed E-state index contributed by atoms with van der Waals surface area (Å²) in [7, 11) is 1.73. The number of hydrogen-bond donors (Lipinski definition) is 1. The maximum absolute atomic E-state index is 17.5. The molecule has 85 heavy (non-hydrogen) atoms. The van der Waals surface area contributed by atoms with Crippen molar-refractivity contribution in [2.45, 2.75) is 139 Å². The van der Waals surface area contributed by atoms with E-state index < -0.39 is 29.2 Å². The summed E-state index contributed by atoms with van der Waals surface area (Å²) in [4.78, 5) is 90.3. The predicted octanol–water partition coefficient (Wildman–Crippen LogP) is 8.43. The monoisotopic (exact) mass is 1160 g/mol. The molecule has 446 valence electrons. The highest BCUT2D eigenvalue weighted by Gasteiger charge is 2.51. The van der Waals surface area contributed by atoms with E-state index in [1.54, 1.807) is 42.1 Å². The predicted molar refractivity (Wildman–Crippen MR) is 315 cm³/mol. The van der Waals surface area contributed by atoms with Crippen LogP contribution in [-0.4, -0.2) is 163 Å². The highest BCUT2D eigenvalue weighted by molar-refractivity contribution is 6.02. The number of benzene rings is 3. The van der Waals surface area contributed by atoms with Gasteiger partial charge in [0.15, 0.2) is 5.82 Å². The number of halogens is 2. The zero-order valence-corrected chi connectivity index (χ0v) is 48.8. The molecule has 3 aromatic carbocycles. The van der Waals surface area contributed by atoms with Gasteiger partial charge in [0, 0.05) is 69.4 Å². The van der Waals surface area contributed by atoms with E-state index in [-0.39, 0.29) is 89.9 Å². The number of piperidine rings is 3. The van der Waals surface area contributed by atoms with Crippen LogP contribution in [-0.2, 0) is 26.1 Å². The van der Waals surface area contributed by atoms with Gasteiger partial charge in [0.05, 0.1) is 39.6 Å². The first kappa shape index (κ1) is 56.4. The third-order valence-electron chi connectivity index (χ3n) is 19.4. The number of nitrogens with zero attached hydrogens (tertiary/aromatic N) is 10. The molecule has 7 aliphatic heterocycles. The van der Waals surface area contributed by atoms with E-state index in [0.717, 1.165) is 95.9 Å². The molecule has 4 amide bonds. The average molecular weight is 1160 g/mol. The number of aryl methyl sites for hydroxylation is 1. The van der Waals surface area contributed by atoms with Crippen molar-refractivity contribution in [1.29, 1.82) is 0 Å². The smallest absolute Gasteiger partial charge is 0.410 e. The number of aromatic nitrogens is 5. The van der Waals surface area contributed by atoms with Crippen molar-refractivity contribution >= 4 is 62.5 Å². The number of carbonyl (C=O) groups is 4. The number of terminal acetylenes is 1. The second kappa shape index (κ2) is 22.3. The number of piperazine rings is 1. The Kier molecular flexibility index (Phi) is 14.8. The SMILES string of the molecule is C#Cc1c(F)ccc2cccc(-c3ncc4c(N5CC6CCC(C5)N6C(=O)OC(C)(C)C)nc(OC[C@]56CCCN5[C@@H](COC(=O)N5CCC(CN7CCC(c8ccc9c(c8)n(C)c(=O)n9C8CCC(=O)NC8=O)CC7)CC5)CC6)nc4c3F)c12. The fourth-order valence-electron chi connectivity index (χ4n) is 15.1. The molecule has 5 atom stereocenters.